The van der Waals surface area contributed by atoms with Crippen molar-refractivity contribution in [2.75, 3.05) is 13.7 Å². The van der Waals surface area contributed by atoms with Crippen molar-refractivity contribution in [3.05, 3.63) is 0 Å². The summed E-state index contributed by atoms with van der Waals surface area (Å²) >= 11 is 0. The van der Waals surface area contributed by atoms with Crippen LogP contribution in [0.2, 0.25) is 0 Å². The molecule has 1 unspecified atom stereocenters. The number of aliphatic hydroxyl groups is 2. The Morgan fingerprint density at radius 3 is 2.55 bits per heavy atom. The fourth-order valence-electron chi connectivity index (χ4n) is 0.745. The first-order chi connectivity index (χ1) is 5.04. The van der Waals surface area contributed by atoms with E-state index in [1.165, 1.54) is 14.0 Å². The third kappa shape index (κ3) is 3.34. The molecule has 0 spiro atoms. The van der Waals surface area contributed by atoms with Crippen LogP contribution in [-0.2, 0) is 9.53 Å². The first-order valence-electron chi connectivity index (χ1n) is 3.46. The zero-order chi connectivity index (χ0) is 8.91. The summed E-state index contributed by atoms with van der Waals surface area (Å²) in [6.07, 6.45) is 0.609. The highest BCUT2D eigenvalue weighted by atomic mass is 16.5. The number of ether oxygens (including phenoxy) is 1. The molecule has 0 aliphatic rings. The van der Waals surface area contributed by atoms with E-state index in [2.05, 4.69) is 4.74 Å². The van der Waals surface area contributed by atoms with Gasteiger partial charge in [0.2, 0.25) is 0 Å². The maximum absolute atomic E-state index is 10.8. The molecule has 2 N–H and O–H groups in total. The minimum atomic E-state index is -1.46. The van der Waals surface area contributed by atoms with Crippen molar-refractivity contribution >= 4 is 5.97 Å². The van der Waals surface area contributed by atoms with Gasteiger partial charge in [-0.2, -0.15) is 0 Å². The van der Waals surface area contributed by atoms with Crippen molar-refractivity contribution in [1.82, 2.24) is 0 Å². The van der Waals surface area contributed by atoms with Crippen LogP contribution in [-0.4, -0.2) is 35.5 Å². The largest absolute Gasteiger partial charge is 0.467 e. The molecule has 0 rings (SSSR count). The predicted octanol–water partition coefficient (Wildman–Crippen LogP) is -0.317. The molecule has 0 fully saturated rings. The second kappa shape index (κ2) is 4.31. The van der Waals surface area contributed by atoms with Gasteiger partial charge in [-0.15, -0.1) is 0 Å². The summed E-state index contributed by atoms with van der Waals surface area (Å²) in [6, 6.07) is 0. The number of aliphatic hydroxyl groups excluding tert-OH is 1. The lowest BCUT2D eigenvalue weighted by Gasteiger charge is -2.18. The van der Waals surface area contributed by atoms with Crippen molar-refractivity contribution in [2.24, 2.45) is 0 Å². The zero-order valence-corrected chi connectivity index (χ0v) is 6.83. The third-order valence-corrected chi connectivity index (χ3v) is 1.45. The summed E-state index contributed by atoms with van der Waals surface area (Å²) in [5.74, 6) is -0.661. The van der Waals surface area contributed by atoms with E-state index < -0.39 is 11.6 Å². The molecule has 1 atom stereocenters. The second-order valence-corrected chi connectivity index (χ2v) is 2.59. The van der Waals surface area contributed by atoms with Crippen LogP contribution in [0.15, 0.2) is 0 Å². The summed E-state index contributed by atoms with van der Waals surface area (Å²) in [5, 5.41) is 17.7. The van der Waals surface area contributed by atoms with E-state index in [1.807, 2.05) is 0 Å². The van der Waals surface area contributed by atoms with Crippen molar-refractivity contribution in [3.63, 3.8) is 0 Å². The second-order valence-electron chi connectivity index (χ2n) is 2.59. The SMILES string of the molecule is COC(=O)C(C)(O)CCCO. The molecule has 0 saturated heterocycles. The number of methoxy groups -OCH3 is 1. The fraction of sp³-hybridized carbons (Fsp3) is 0.857. The van der Waals surface area contributed by atoms with Gasteiger partial charge < -0.3 is 14.9 Å². The number of rotatable bonds is 4. The van der Waals surface area contributed by atoms with Gasteiger partial charge in [0.05, 0.1) is 7.11 Å². The van der Waals surface area contributed by atoms with Crippen LogP contribution in [0.25, 0.3) is 0 Å². The quantitative estimate of drug-likeness (QED) is 0.556. The lowest BCUT2D eigenvalue weighted by Crippen LogP contribution is -2.36. The number of hydrogen-bond donors (Lipinski definition) is 2. The molecule has 0 aliphatic carbocycles. The monoisotopic (exact) mass is 162 g/mol. The number of carbonyl (C=O) groups is 1. The molecule has 0 aromatic rings. The van der Waals surface area contributed by atoms with Crippen molar-refractivity contribution in [3.8, 4) is 0 Å². The minimum Gasteiger partial charge on any atom is -0.467 e. The average molecular weight is 162 g/mol. The lowest BCUT2D eigenvalue weighted by molar-refractivity contribution is -0.161. The van der Waals surface area contributed by atoms with E-state index in [0.717, 1.165) is 0 Å². The van der Waals surface area contributed by atoms with Crippen LogP contribution in [0, 0.1) is 0 Å². The summed E-state index contributed by atoms with van der Waals surface area (Å²) in [6.45, 7) is 1.33. The molecule has 11 heavy (non-hydrogen) atoms. The molecule has 0 bridgehead atoms. The summed E-state index contributed by atoms with van der Waals surface area (Å²) < 4.78 is 4.34. The van der Waals surface area contributed by atoms with Crippen LogP contribution in [0.1, 0.15) is 19.8 Å². The molecule has 4 nitrogen and oxygen atoms in total. The Hall–Kier alpha value is -0.610. The van der Waals surface area contributed by atoms with Crippen LogP contribution >= 0.6 is 0 Å². The standard InChI is InChI=1S/C7H14O4/c1-7(10,4-3-5-8)6(9)11-2/h8,10H,3-5H2,1-2H3. The first kappa shape index (κ1) is 10.4. The highest BCUT2D eigenvalue weighted by molar-refractivity contribution is 5.78. The van der Waals surface area contributed by atoms with Gasteiger partial charge >= 0.3 is 5.97 Å². The van der Waals surface area contributed by atoms with E-state index in [4.69, 9.17) is 5.11 Å². The van der Waals surface area contributed by atoms with Crippen LogP contribution in [0.3, 0.4) is 0 Å². The molecule has 0 aromatic carbocycles. The van der Waals surface area contributed by atoms with Gasteiger partial charge in [0.1, 0.15) is 0 Å². The van der Waals surface area contributed by atoms with Crippen molar-refractivity contribution in [1.29, 1.82) is 0 Å². The van der Waals surface area contributed by atoms with Gasteiger partial charge in [-0.05, 0) is 19.8 Å². The van der Waals surface area contributed by atoms with Gasteiger partial charge in [-0.1, -0.05) is 0 Å². The zero-order valence-electron chi connectivity index (χ0n) is 6.83. The Morgan fingerprint density at radius 2 is 2.18 bits per heavy atom. The predicted molar refractivity (Wildman–Crippen MR) is 39.0 cm³/mol. The molecule has 4 heteroatoms. The van der Waals surface area contributed by atoms with Gasteiger partial charge in [-0.3, -0.25) is 0 Å². The minimum absolute atomic E-state index is 0.0346. The van der Waals surface area contributed by atoms with E-state index >= 15 is 0 Å². The number of carbonyl (C=O) groups excluding carboxylic acids is 1. The van der Waals surface area contributed by atoms with Crippen LogP contribution in [0.5, 0.6) is 0 Å². The molecule has 0 amide bonds. The van der Waals surface area contributed by atoms with Gasteiger partial charge in [-0.25, -0.2) is 4.79 Å². The van der Waals surface area contributed by atoms with Crippen LogP contribution in [0.4, 0.5) is 0 Å². The van der Waals surface area contributed by atoms with Gasteiger partial charge in [0.25, 0.3) is 0 Å². The smallest absolute Gasteiger partial charge is 0.337 e. The van der Waals surface area contributed by atoms with Crippen molar-refractivity contribution < 1.29 is 19.7 Å². The van der Waals surface area contributed by atoms with Crippen LogP contribution < -0.4 is 0 Å². The molecule has 0 heterocycles. The van der Waals surface area contributed by atoms with E-state index in [9.17, 15) is 9.90 Å². The van der Waals surface area contributed by atoms with E-state index in [0.29, 0.717) is 6.42 Å². The summed E-state index contributed by atoms with van der Waals surface area (Å²) in [5.41, 5.74) is -1.46. The van der Waals surface area contributed by atoms with Gasteiger partial charge in [0, 0.05) is 6.61 Å². The maximum atomic E-state index is 10.8. The maximum Gasteiger partial charge on any atom is 0.337 e. The Labute approximate surface area is 65.8 Å². The highest BCUT2D eigenvalue weighted by Gasteiger charge is 2.30. The Kier molecular flexibility index (Phi) is 4.07. The highest BCUT2D eigenvalue weighted by Crippen LogP contribution is 2.12. The van der Waals surface area contributed by atoms with E-state index in [1.54, 1.807) is 0 Å². The summed E-state index contributed by atoms with van der Waals surface area (Å²) in [7, 11) is 1.22. The molecule has 66 valence electrons. The lowest BCUT2D eigenvalue weighted by atomic mass is 10.0. The Bertz CT molecular complexity index is 130. The molecule has 0 saturated carbocycles. The number of hydrogen-bond acceptors (Lipinski definition) is 4. The molecule has 0 aliphatic heterocycles. The van der Waals surface area contributed by atoms with Gasteiger partial charge in [0.15, 0.2) is 5.60 Å². The molecular weight excluding hydrogens is 148 g/mol. The molecule has 0 radical (unpaired) electrons. The number of esters is 1. The summed E-state index contributed by atoms with van der Waals surface area (Å²) in [4.78, 5) is 10.8. The Morgan fingerprint density at radius 1 is 1.64 bits per heavy atom. The third-order valence-electron chi connectivity index (χ3n) is 1.45. The normalized spacial score (nSPS) is 15.6. The van der Waals surface area contributed by atoms with Crippen molar-refractivity contribution in [2.45, 2.75) is 25.4 Å². The molecule has 0 aromatic heterocycles. The fourth-order valence-corrected chi connectivity index (χ4v) is 0.745. The average Bonchev–Trinajstić information content (AvgIpc) is 1.99. The van der Waals surface area contributed by atoms with E-state index in [-0.39, 0.29) is 13.0 Å². The first-order valence-corrected chi connectivity index (χ1v) is 3.46. The molecular formula is C7H14O4. The Balaban J connectivity index is 3.88. The topological polar surface area (TPSA) is 66.8 Å².